The molecule has 0 saturated heterocycles. The molecule has 3 rings (SSSR count). The molecule has 196 valence electrons. The number of hydrogen-bond donors (Lipinski definition) is 2. The maximum absolute atomic E-state index is 13.4. The number of ether oxygens (including phenoxy) is 2. The summed E-state index contributed by atoms with van der Waals surface area (Å²) >= 11 is 0. The zero-order chi connectivity index (χ0) is 25.6. The molecule has 2 amide bonds. The lowest BCUT2D eigenvalue weighted by Crippen LogP contribution is -2.58. The standard InChI is InChI=1S/C26H42N4O5/c1-17(25(33)30(10-12-34-4)11-13-35-5)20-6-8-26(3)9-7-21(18(2)22(26)23(20)31)29-24(32)19-14-27-16-28-15-19/h14-18,20-23,31H,6-13H2,1-5H3,(H,29,32)/t17-,18-,20-,21-,22+,23-,26+/m0/s1. The van der Waals surface area contributed by atoms with E-state index in [9.17, 15) is 14.7 Å². The number of aliphatic hydroxyl groups is 1. The molecule has 9 nitrogen and oxygen atoms in total. The van der Waals surface area contributed by atoms with E-state index in [2.05, 4.69) is 29.1 Å². The normalized spacial score (nSPS) is 31.3. The zero-order valence-corrected chi connectivity index (χ0v) is 21.8. The summed E-state index contributed by atoms with van der Waals surface area (Å²) < 4.78 is 10.4. The minimum atomic E-state index is -0.617. The van der Waals surface area contributed by atoms with Crippen LogP contribution in [0.2, 0.25) is 0 Å². The number of aliphatic hydroxyl groups excluding tert-OH is 1. The van der Waals surface area contributed by atoms with Gasteiger partial charge in [0.25, 0.3) is 5.91 Å². The van der Waals surface area contributed by atoms with Crippen molar-refractivity contribution in [2.24, 2.45) is 29.1 Å². The lowest BCUT2D eigenvalue weighted by Gasteiger charge is -2.56. The quantitative estimate of drug-likeness (QED) is 0.517. The second-order valence-corrected chi connectivity index (χ2v) is 10.6. The molecule has 0 spiro atoms. The van der Waals surface area contributed by atoms with E-state index in [0.717, 1.165) is 25.7 Å². The van der Waals surface area contributed by atoms with Crippen LogP contribution in [-0.2, 0) is 14.3 Å². The van der Waals surface area contributed by atoms with Gasteiger partial charge in [0.05, 0.1) is 24.9 Å². The summed E-state index contributed by atoms with van der Waals surface area (Å²) in [6.07, 6.45) is 7.38. The predicted molar refractivity (Wildman–Crippen MR) is 132 cm³/mol. The van der Waals surface area contributed by atoms with Gasteiger partial charge in [-0.25, -0.2) is 9.97 Å². The molecule has 1 aromatic rings. The Labute approximate surface area is 209 Å². The minimum Gasteiger partial charge on any atom is -0.392 e. The van der Waals surface area contributed by atoms with Crippen LogP contribution < -0.4 is 5.32 Å². The molecule has 0 bridgehead atoms. The molecule has 2 fully saturated rings. The molecule has 2 aliphatic rings. The Kier molecular flexibility index (Phi) is 9.61. The van der Waals surface area contributed by atoms with Gasteiger partial charge < -0.3 is 24.8 Å². The average Bonchev–Trinajstić information content (AvgIpc) is 2.85. The maximum Gasteiger partial charge on any atom is 0.254 e. The lowest BCUT2D eigenvalue weighted by atomic mass is 9.51. The van der Waals surface area contributed by atoms with Crippen LogP contribution in [0.15, 0.2) is 18.7 Å². The zero-order valence-electron chi connectivity index (χ0n) is 21.8. The summed E-state index contributed by atoms with van der Waals surface area (Å²) in [5.41, 5.74) is 0.419. The average molecular weight is 491 g/mol. The van der Waals surface area contributed by atoms with Crippen LogP contribution in [-0.4, -0.2) is 84.5 Å². The van der Waals surface area contributed by atoms with Gasteiger partial charge in [0.1, 0.15) is 6.33 Å². The molecule has 2 saturated carbocycles. The molecule has 7 atom stereocenters. The number of nitrogens with one attached hydrogen (secondary N) is 1. The molecule has 1 aromatic heterocycles. The number of amides is 2. The molecule has 1 heterocycles. The summed E-state index contributed by atoms with van der Waals surface area (Å²) in [6, 6.07) is -0.0555. The van der Waals surface area contributed by atoms with E-state index in [1.807, 2.05) is 6.92 Å². The molecule has 0 radical (unpaired) electrons. The van der Waals surface area contributed by atoms with Crippen molar-refractivity contribution in [3.63, 3.8) is 0 Å². The van der Waals surface area contributed by atoms with E-state index in [-0.39, 0.29) is 46.9 Å². The second kappa shape index (κ2) is 12.2. The Balaban J connectivity index is 1.72. The van der Waals surface area contributed by atoms with Crippen molar-refractivity contribution >= 4 is 11.8 Å². The van der Waals surface area contributed by atoms with E-state index in [1.165, 1.54) is 18.7 Å². The maximum atomic E-state index is 13.4. The first-order chi connectivity index (χ1) is 16.7. The smallest absolute Gasteiger partial charge is 0.254 e. The van der Waals surface area contributed by atoms with Gasteiger partial charge in [-0.2, -0.15) is 0 Å². The van der Waals surface area contributed by atoms with Crippen LogP contribution >= 0.6 is 0 Å². The van der Waals surface area contributed by atoms with Crippen LogP contribution in [0.4, 0.5) is 0 Å². The second-order valence-electron chi connectivity index (χ2n) is 10.6. The minimum absolute atomic E-state index is 0.00558. The van der Waals surface area contributed by atoms with Gasteiger partial charge in [0, 0.05) is 51.7 Å². The largest absolute Gasteiger partial charge is 0.392 e. The van der Waals surface area contributed by atoms with E-state index < -0.39 is 6.10 Å². The first-order valence-corrected chi connectivity index (χ1v) is 12.7. The molecule has 2 aliphatic carbocycles. The van der Waals surface area contributed by atoms with Crippen molar-refractivity contribution in [2.45, 2.75) is 58.6 Å². The van der Waals surface area contributed by atoms with Crippen LogP contribution in [0.3, 0.4) is 0 Å². The van der Waals surface area contributed by atoms with Crippen LogP contribution in [0.5, 0.6) is 0 Å². The number of hydrogen-bond acceptors (Lipinski definition) is 7. The van der Waals surface area contributed by atoms with Crippen molar-refractivity contribution in [2.75, 3.05) is 40.5 Å². The fourth-order valence-corrected chi connectivity index (χ4v) is 6.37. The van der Waals surface area contributed by atoms with E-state index >= 15 is 0 Å². The van der Waals surface area contributed by atoms with Gasteiger partial charge in [-0.15, -0.1) is 0 Å². The predicted octanol–water partition coefficient (Wildman–Crippen LogP) is 2.16. The van der Waals surface area contributed by atoms with Crippen molar-refractivity contribution in [3.05, 3.63) is 24.3 Å². The highest BCUT2D eigenvalue weighted by Gasteiger charge is 2.54. The monoisotopic (exact) mass is 490 g/mol. The number of aromatic nitrogens is 2. The van der Waals surface area contributed by atoms with Crippen LogP contribution in [0.1, 0.15) is 56.8 Å². The summed E-state index contributed by atoms with van der Waals surface area (Å²) in [4.78, 5) is 35.9. The first kappa shape index (κ1) is 27.5. The Morgan fingerprint density at radius 1 is 1.17 bits per heavy atom. The topological polar surface area (TPSA) is 114 Å². The third kappa shape index (κ3) is 6.19. The van der Waals surface area contributed by atoms with Crippen LogP contribution in [0, 0.1) is 29.1 Å². The van der Waals surface area contributed by atoms with E-state index in [1.54, 1.807) is 19.1 Å². The molecule has 2 N–H and O–H groups in total. The van der Waals surface area contributed by atoms with Crippen molar-refractivity contribution in [1.29, 1.82) is 0 Å². The molecule has 0 unspecified atom stereocenters. The van der Waals surface area contributed by atoms with Crippen LogP contribution in [0.25, 0.3) is 0 Å². The molecular formula is C26H42N4O5. The van der Waals surface area contributed by atoms with Gasteiger partial charge >= 0.3 is 0 Å². The fourth-order valence-electron chi connectivity index (χ4n) is 6.37. The van der Waals surface area contributed by atoms with E-state index in [4.69, 9.17) is 9.47 Å². The van der Waals surface area contributed by atoms with Gasteiger partial charge in [0.15, 0.2) is 0 Å². The number of fused-ring (bicyclic) bond motifs is 1. The van der Waals surface area contributed by atoms with Crippen molar-refractivity contribution < 1.29 is 24.2 Å². The molecule has 0 aliphatic heterocycles. The molecule has 0 aromatic carbocycles. The number of methoxy groups -OCH3 is 2. The van der Waals surface area contributed by atoms with Crippen molar-refractivity contribution in [1.82, 2.24) is 20.2 Å². The van der Waals surface area contributed by atoms with Gasteiger partial charge in [0.2, 0.25) is 5.91 Å². The number of nitrogens with zero attached hydrogens (tertiary/aromatic N) is 3. The molecular weight excluding hydrogens is 448 g/mol. The third-order valence-electron chi connectivity index (χ3n) is 8.50. The Morgan fingerprint density at radius 3 is 2.37 bits per heavy atom. The van der Waals surface area contributed by atoms with Gasteiger partial charge in [-0.3, -0.25) is 9.59 Å². The Bertz CT molecular complexity index is 832. The van der Waals surface area contributed by atoms with E-state index in [0.29, 0.717) is 31.9 Å². The fraction of sp³-hybridized carbons (Fsp3) is 0.769. The lowest BCUT2D eigenvalue weighted by molar-refractivity contribution is -0.151. The van der Waals surface area contributed by atoms with Gasteiger partial charge in [-0.05, 0) is 48.9 Å². The van der Waals surface area contributed by atoms with Crippen molar-refractivity contribution in [3.8, 4) is 0 Å². The summed E-state index contributed by atoms with van der Waals surface area (Å²) in [7, 11) is 3.25. The highest BCUT2D eigenvalue weighted by atomic mass is 16.5. The number of carbonyl (C=O) groups is 2. The Hall–Kier alpha value is -2.10. The SMILES string of the molecule is COCCN(CCOC)C(=O)[C@@H](C)[C@@H]1CC[C@]2(C)CC[C@H](NC(=O)c3cncnc3)[C@H](C)[C@@H]2[C@H]1O. The van der Waals surface area contributed by atoms with Gasteiger partial charge in [-0.1, -0.05) is 20.8 Å². The number of carbonyl (C=O) groups excluding carboxylic acids is 2. The third-order valence-corrected chi connectivity index (χ3v) is 8.50. The highest BCUT2D eigenvalue weighted by molar-refractivity contribution is 5.93. The molecule has 9 heteroatoms. The highest BCUT2D eigenvalue weighted by Crippen LogP contribution is 2.55. The summed E-state index contributed by atoms with van der Waals surface area (Å²) in [6.45, 7) is 8.24. The molecule has 35 heavy (non-hydrogen) atoms. The Morgan fingerprint density at radius 2 is 1.77 bits per heavy atom. The summed E-state index contributed by atoms with van der Waals surface area (Å²) in [5.74, 6) is -0.540. The summed E-state index contributed by atoms with van der Waals surface area (Å²) in [5, 5.41) is 14.8. The first-order valence-electron chi connectivity index (χ1n) is 12.7. The number of rotatable bonds is 10.